The van der Waals surface area contributed by atoms with Crippen LogP contribution in [0.25, 0.3) is 17.1 Å². The number of benzene rings is 1. The fourth-order valence-electron chi connectivity index (χ4n) is 5.57. The predicted octanol–water partition coefficient (Wildman–Crippen LogP) is 3.33. The van der Waals surface area contributed by atoms with Gasteiger partial charge < -0.3 is 15.3 Å². The zero-order valence-corrected chi connectivity index (χ0v) is 19.5. The summed E-state index contributed by atoms with van der Waals surface area (Å²) in [4.78, 5) is 6.61. The molecule has 2 aromatic heterocycles. The molecular weight excluding hydrogens is 435 g/mol. The summed E-state index contributed by atoms with van der Waals surface area (Å²) < 4.78 is 14.9. The first-order chi connectivity index (χ1) is 16.2. The SMILES string of the molecule is CN(c1cnc(-c2ccc(-n3cc(F)c(C#N)n3)cc2O)nn1)[C@H]1C[C@]2(C)CCC[C@](C)(C1)N2. The van der Waals surface area contributed by atoms with Gasteiger partial charge in [-0.3, -0.25) is 0 Å². The molecular formula is C24H27FN8O. The lowest BCUT2D eigenvalue weighted by Gasteiger charge is -2.55. The van der Waals surface area contributed by atoms with Crippen LogP contribution in [0.5, 0.6) is 5.75 Å². The van der Waals surface area contributed by atoms with Crippen LogP contribution in [0.1, 0.15) is 51.6 Å². The number of rotatable bonds is 4. The molecule has 3 aromatic rings. The van der Waals surface area contributed by atoms with Gasteiger partial charge in [-0.25, -0.2) is 14.1 Å². The normalized spacial score (nSPS) is 26.1. The van der Waals surface area contributed by atoms with Crippen molar-refractivity contribution in [2.75, 3.05) is 11.9 Å². The lowest BCUT2D eigenvalue weighted by molar-refractivity contribution is 0.0784. The summed E-state index contributed by atoms with van der Waals surface area (Å²) >= 11 is 0. The van der Waals surface area contributed by atoms with Crippen LogP contribution in [0.3, 0.4) is 0 Å². The molecule has 0 unspecified atom stereocenters. The molecule has 2 aliphatic heterocycles. The Balaban J connectivity index is 1.35. The number of nitrogens with one attached hydrogen (secondary N) is 1. The lowest BCUT2D eigenvalue weighted by Crippen LogP contribution is -2.66. The van der Waals surface area contributed by atoms with E-state index < -0.39 is 5.82 Å². The van der Waals surface area contributed by atoms with Gasteiger partial charge in [-0.05, 0) is 58.1 Å². The number of anilines is 1. The molecule has 2 N–H and O–H groups in total. The molecule has 2 saturated heterocycles. The van der Waals surface area contributed by atoms with Crippen molar-refractivity contribution in [3.8, 4) is 28.9 Å². The Morgan fingerprint density at radius 2 is 1.97 bits per heavy atom. The number of nitrogens with zero attached hydrogens (tertiary/aromatic N) is 7. The molecule has 2 bridgehead atoms. The fraction of sp³-hybridized carbons (Fsp3) is 0.458. The average molecular weight is 463 g/mol. The standard InChI is InChI=1S/C24H27FN8O/c1-23-7-4-8-24(2,31-23)11-16(10-23)32(3)21-13-27-22(29-28-21)17-6-5-15(9-20(17)34)33-14-18(25)19(12-26)30-33/h5-6,9,13-14,16,31,34H,4,7-8,10-11H2,1-3H3/t16-,23-,24+. The predicted molar refractivity (Wildman–Crippen MR) is 124 cm³/mol. The lowest BCUT2D eigenvalue weighted by atomic mass is 9.69. The van der Waals surface area contributed by atoms with Gasteiger partial charge in [0, 0.05) is 30.2 Å². The maximum atomic E-state index is 13.7. The van der Waals surface area contributed by atoms with E-state index in [1.807, 2.05) is 7.05 Å². The second kappa shape index (κ2) is 8.02. The van der Waals surface area contributed by atoms with Crippen molar-refractivity contribution in [2.24, 2.45) is 0 Å². The Morgan fingerprint density at radius 3 is 2.56 bits per heavy atom. The molecule has 9 nitrogen and oxygen atoms in total. The summed E-state index contributed by atoms with van der Waals surface area (Å²) in [6, 6.07) is 6.69. The Morgan fingerprint density at radius 1 is 1.24 bits per heavy atom. The number of hydrogen-bond donors (Lipinski definition) is 2. The molecule has 0 radical (unpaired) electrons. The Bertz CT molecular complexity index is 1250. The van der Waals surface area contributed by atoms with E-state index in [2.05, 4.69) is 44.3 Å². The summed E-state index contributed by atoms with van der Waals surface area (Å²) in [7, 11) is 2.04. The van der Waals surface area contributed by atoms with Crippen LogP contribution in [0.15, 0.2) is 30.6 Å². The number of fused-ring (bicyclic) bond motifs is 2. The Labute approximate surface area is 197 Å². The minimum atomic E-state index is -0.723. The summed E-state index contributed by atoms with van der Waals surface area (Å²) in [5.41, 5.74) is 0.754. The smallest absolute Gasteiger partial charge is 0.198 e. The first-order valence-corrected chi connectivity index (χ1v) is 11.4. The van der Waals surface area contributed by atoms with E-state index in [1.165, 1.54) is 30.0 Å². The van der Waals surface area contributed by atoms with E-state index in [0.29, 0.717) is 23.1 Å². The minimum Gasteiger partial charge on any atom is -0.507 e. The van der Waals surface area contributed by atoms with Crippen LogP contribution in [0.2, 0.25) is 0 Å². The third kappa shape index (κ3) is 3.96. The number of nitriles is 1. The molecule has 0 aliphatic carbocycles. The molecule has 4 heterocycles. The number of phenolic OH excluding ortho intramolecular Hbond substituents is 1. The van der Waals surface area contributed by atoms with Crippen LogP contribution in [-0.4, -0.2) is 54.2 Å². The van der Waals surface area contributed by atoms with Gasteiger partial charge in [0.2, 0.25) is 0 Å². The Kier molecular flexibility index (Phi) is 5.24. The maximum Gasteiger partial charge on any atom is 0.198 e. The van der Waals surface area contributed by atoms with Gasteiger partial charge in [0.05, 0.1) is 23.6 Å². The molecule has 2 aliphatic rings. The van der Waals surface area contributed by atoms with E-state index in [4.69, 9.17) is 5.26 Å². The van der Waals surface area contributed by atoms with Crippen molar-refractivity contribution in [3.63, 3.8) is 0 Å². The summed E-state index contributed by atoms with van der Waals surface area (Å²) in [6.45, 7) is 4.62. The maximum absolute atomic E-state index is 13.7. The summed E-state index contributed by atoms with van der Waals surface area (Å²) in [6.07, 6.45) is 8.44. The van der Waals surface area contributed by atoms with Crippen molar-refractivity contribution >= 4 is 5.82 Å². The van der Waals surface area contributed by atoms with E-state index >= 15 is 0 Å². The highest BCUT2D eigenvalue weighted by atomic mass is 19.1. The number of aromatic hydroxyl groups is 1. The molecule has 10 heteroatoms. The second-order valence-electron chi connectivity index (χ2n) is 10.00. The van der Waals surface area contributed by atoms with E-state index in [1.54, 1.807) is 24.4 Å². The topological polar surface area (TPSA) is 116 Å². The van der Waals surface area contributed by atoms with Crippen molar-refractivity contribution in [1.82, 2.24) is 30.3 Å². The molecule has 0 amide bonds. The number of aromatic nitrogens is 5. The van der Waals surface area contributed by atoms with Gasteiger partial charge >= 0.3 is 0 Å². The van der Waals surface area contributed by atoms with Crippen LogP contribution in [0.4, 0.5) is 10.2 Å². The number of phenols is 1. The molecule has 0 spiro atoms. The van der Waals surface area contributed by atoms with Gasteiger partial charge in [-0.1, -0.05) is 0 Å². The number of hydrogen-bond acceptors (Lipinski definition) is 8. The number of halogens is 1. The highest BCUT2D eigenvalue weighted by Gasteiger charge is 2.46. The van der Waals surface area contributed by atoms with Crippen LogP contribution in [-0.2, 0) is 0 Å². The molecule has 0 saturated carbocycles. The van der Waals surface area contributed by atoms with E-state index in [0.717, 1.165) is 19.0 Å². The third-order valence-corrected chi connectivity index (χ3v) is 7.15. The van der Waals surface area contributed by atoms with Crippen LogP contribution >= 0.6 is 0 Å². The monoisotopic (exact) mass is 462 g/mol. The molecule has 3 atom stereocenters. The van der Waals surface area contributed by atoms with Crippen molar-refractivity contribution in [2.45, 2.75) is 63.1 Å². The van der Waals surface area contributed by atoms with Crippen molar-refractivity contribution < 1.29 is 9.50 Å². The van der Waals surface area contributed by atoms with Gasteiger partial charge in [-0.2, -0.15) is 10.4 Å². The second-order valence-corrected chi connectivity index (χ2v) is 10.00. The van der Waals surface area contributed by atoms with Crippen molar-refractivity contribution in [1.29, 1.82) is 5.26 Å². The van der Waals surface area contributed by atoms with Crippen LogP contribution < -0.4 is 10.2 Å². The van der Waals surface area contributed by atoms with Gasteiger partial charge in [-0.15, -0.1) is 10.2 Å². The molecule has 1 aromatic carbocycles. The quantitative estimate of drug-likeness (QED) is 0.607. The largest absolute Gasteiger partial charge is 0.507 e. The molecule has 2 fully saturated rings. The molecule has 5 rings (SSSR count). The Hall–Kier alpha value is -3.58. The van der Waals surface area contributed by atoms with E-state index in [9.17, 15) is 9.50 Å². The first kappa shape index (κ1) is 22.2. The highest BCUT2D eigenvalue weighted by Crippen LogP contribution is 2.41. The highest BCUT2D eigenvalue weighted by molar-refractivity contribution is 5.66. The van der Waals surface area contributed by atoms with Gasteiger partial charge in [0.15, 0.2) is 23.2 Å². The molecule has 34 heavy (non-hydrogen) atoms. The minimum absolute atomic E-state index is 0.0955. The first-order valence-electron chi connectivity index (χ1n) is 11.4. The average Bonchev–Trinajstić information content (AvgIpc) is 3.18. The molecule has 176 valence electrons. The number of piperidine rings is 2. The van der Waals surface area contributed by atoms with Gasteiger partial charge in [0.1, 0.15) is 11.8 Å². The van der Waals surface area contributed by atoms with Crippen LogP contribution in [0, 0.1) is 17.1 Å². The third-order valence-electron chi connectivity index (χ3n) is 7.15. The van der Waals surface area contributed by atoms with Gasteiger partial charge in [0.25, 0.3) is 0 Å². The van der Waals surface area contributed by atoms with E-state index in [-0.39, 0.29) is 28.3 Å². The summed E-state index contributed by atoms with van der Waals surface area (Å²) in [5, 5.41) is 35.8. The van der Waals surface area contributed by atoms with Crippen molar-refractivity contribution in [3.05, 3.63) is 42.1 Å². The fourth-order valence-corrected chi connectivity index (χ4v) is 5.57. The zero-order valence-electron chi connectivity index (χ0n) is 19.5. The zero-order chi connectivity index (χ0) is 24.1. The summed E-state index contributed by atoms with van der Waals surface area (Å²) in [5.74, 6) is 0.153.